The van der Waals surface area contributed by atoms with E-state index in [-0.39, 0.29) is 5.91 Å². The summed E-state index contributed by atoms with van der Waals surface area (Å²) >= 11 is 0. The number of amides is 1. The third kappa shape index (κ3) is 6.15. The number of methoxy groups -OCH3 is 1. The van der Waals surface area contributed by atoms with Crippen molar-refractivity contribution in [3.63, 3.8) is 0 Å². The number of ether oxygens (including phenoxy) is 1. The molecule has 1 aromatic rings. The second-order valence-corrected chi connectivity index (χ2v) is 4.68. The molecule has 6 heteroatoms. The van der Waals surface area contributed by atoms with Crippen molar-refractivity contribution in [2.45, 2.75) is 20.3 Å². The highest BCUT2D eigenvalue weighted by molar-refractivity contribution is 5.92. The maximum Gasteiger partial charge on any atom is 0.271 e. The summed E-state index contributed by atoms with van der Waals surface area (Å²) in [6, 6.07) is 3.42. The molecule has 0 aliphatic carbocycles. The summed E-state index contributed by atoms with van der Waals surface area (Å²) in [7, 11) is 1.67. The van der Waals surface area contributed by atoms with Crippen LogP contribution in [-0.4, -0.2) is 42.9 Å². The van der Waals surface area contributed by atoms with Crippen LogP contribution in [0.15, 0.2) is 12.1 Å². The van der Waals surface area contributed by atoms with E-state index in [1.165, 1.54) is 0 Å². The zero-order valence-electron chi connectivity index (χ0n) is 11.8. The molecule has 1 rings (SSSR count). The zero-order chi connectivity index (χ0) is 14.1. The second-order valence-electron chi connectivity index (χ2n) is 4.68. The molecule has 0 atom stereocenters. The molecular weight excluding hydrogens is 244 g/mol. The number of anilines is 1. The minimum Gasteiger partial charge on any atom is -0.385 e. The van der Waals surface area contributed by atoms with E-state index in [2.05, 4.69) is 20.8 Å². The quantitative estimate of drug-likeness (QED) is 0.694. The summed E-state index contributed by atoms with van der Waals surface area (Å²) < 4.78 is 4.95. The third-order valence-electron chi connectivity index (χ3n) is 2.40. The van der Waals surface area contributed by atoms with Crippen molar-refractivity contribution in [1.29, 1.82) is 0 Å². The first-order valence-corrected chi connectivity index (χ1v) is 6.48. The van der Waals surface area contributed by atoms with Crippen LogP contribution in [0.1, 0.15) is 30.8 Å². The second kappa shape index (κ2) is 8.42. The Bertz CT molecular complexity index is 379. The summed E-state index contributed by atoms with van der Waals surface area (Å²) in [4.78, 5) is 11.7. The fourth-order valence-electron chi connectivity index (χ4n) is 1.37. The Morgan fingerprint density at radius 2 is 2.16 bits per heavy atom. The van der Waals surface area contributed by atoms with Crippen molar-refractivity contribution in [2.24, 2.45) is 5.92 Å². The highest BCUT2D eigenvalue weighted by Crippen LogP contribution is 2.02. The van der Waals surface area contributed by atoms with E-state index in [4.69, 9.17) is 4.74 Å². The number of nitrogens with zero attached hydrogens (tertiary/aromatic N) is 2. The number of hydrogen-bond donors (Lipinski definition) is 2. The molecule has 0 bridgehead atoms. The van der Waals surface area contributed by atoms with E-state index in [0.29, 0.717) is 30.6 Å². The third-order valence-corrected chi connectivity index (χ3v) is 2.40. The van der Waals surface area contributed by atoms with E-state index in [1.807, 2.05) is 13.8 Å². The van der Waals surface area contributed by atoms with Gasteiger partial charge in [0.2, 0.25) is 0 Å². The van der Waals surface area contributed by atoms with Crippen LogP contribution in [0.25, 0.3) is 0 Å². The van der Waals surface area contributed by atoms with E-state index < -0.39 is 0 Å². The molecule has 0 unspecified atom stereocenters. The van der Waals surface area contributed by atoms with Gasteiger partial charge < -0.3 is 15.4 Å². The van der Waals surface area contributed by atoms with Crippen molar-refractivity contribution in [1.82, 2.24) is 15.5 Å². The highest BCUT2D eigenvalue weighted by atomic mass is 16.5. The first kappa shape index (κ1) is 15.4. The van der Waals surface area contributed by atoms with E-state index in [9.17, 15) is 4.79 Å². The predicted octanol–water partition coefficient (Wildman–Crippen LogP) is 1.31. The van der Waals surface area contributed by atoms with Crippen LogP contribution in [0.2, 0.25) is 0 Å². The summed E-state index contributed by atoms with van der Waals surface area (Å²) in [6.07, 6.45) is 0.898. The minimum absolute atomic E-state index is 0.188. The van der Waals surface area contributed by atoms with Gasteiger partial charge in [0.15, 0.2) is 5.69 Å². The number of rotatable bonds is 8. The summed E-state index contributed by atoms with van der Waals surface area (Å²) in [5.74, 6) is 0.891. The van der Waals surface area contributed by atoms with Crippen molar-refractivity contribution in [3.05, 3.63) is 17.8 Å². The molecule has 0 radical (unpaired) electrons. The Kier molecular flexibility index (Phi) is 6.81. The molecule has 0 saturated heterocycles. The average molecular weight is 266 g/mol. The SMILES string of the molecule is COCCCNc1ccc(C(=O)NCC(C)C)nn1. The number of carbonyl (C=O) groups excluding carboxylic acids is 1. The van der Waals surface area contributed by atoms with Crippen LogP contribution in [0, 0.1) is 5.92 Å². The standard InChI is InChI=1S/C13H22N4O2/c1-10(2)9-15-13(18)11-5-6-12(17-16-11)14-7-4-8-19-3/h5-6,10H,4,7-9H2,1-3H3,(H,14,17)(H,15,18). The van der Waals surface area contributed by atoms with Crippen molar-refractivity contribution < 1.29 is 9.53 Å². The average Bonchev–Trinajstić information content (AvgIpc) is 2.41. The monoisotopic (exact) mass is 266 g/mol. The van der Waals surface area contributed by atoms with Crippen LogP contribution >= 0.6 is 0 Å². The Morgan fingerprint density at radius 1 is 1.37 bits per heavy atom. The smallest absolute Gasteiger partial charge is 0.271 e. The van der Waals surface area contributed by atoms with E-state index in [1.54, 1.807) is 19.2 Å². The zero-order valence-corrected chi connectivity index (χ0v) is 11.8. The lowest BCUT2D eigenvalue weighted by atomic mass is 10.2. The van der Waals surface area contributed by atoms with Crippen molar-refractivity contribution in [3.8, 4) is 0 Å². The maximum atomic E-state index is 11.7. The number of carbonyl (C=O) groups is 1. The van der Waals surface area contributed by atoms with Gasteiger partial charge in [-0.2, -0.15) is 0 Å². The van der Waals surface area contributed by atoms with Gasteiger partial charge in [-0.25, -0.2) is 0 Å². The topological polar surface area (TPSA) is 76.1 Å². The number of nitrogens with one attached hydrogen (secondary N) is 2. The van der Waals surface area contributed by atoms with Crippen LogP contribution in [0.3, 0.4) is 0 Å². The van der Waals surface area contributed by atoms with Crippen LogP contribution in [0.5, 0.6) is 0 Å². The van der Waals surface area contributed by atoms with Crippen LogP contribution in [0.4, 0.5) is 5.82 Å². The molecule has 106 valence electrons. The van der Waals surface area contributed by atoms with E-state index in [0.717, 1.165) is 13.0 Å². The minimum atomic E-state index is -0.188. The molecule has 0 aliphatic rings. The lowest BCUT2D eigenvalue weighted by molar-refractivity contribution is 0.0943. The summed E-state index contributed by atoms with van der Waals surface area (Å²) in [5, 5.41) is 13.8. The fraction of sp³-hybridized carbons (Fsp3) is 0.615. The molecule has 2 N–H and O–H groups in total. The summed E-state index contributed by atoms with van der Waals surface area (Å²) in [6.45, 7) is 6.19. The summed E-state index contributed by atoms with van der Waals surface area (Å²) in [5.41, 5.74) is 0.336. The Balaban J connectivity index is 2.40. The first-order chi connectivity index (χ1) is 9.13. The Labute approximate surface area is 113 Å². The molecule has 19 heavy (non-hydrogen) atoms. The van der Waals surface area contributed by atoms with Gasteiger partial charge in [-0.15, -0.1) is 10.2 Å². The van der Waals surface area contributed by atoms with Crippen LogP contribution < -0.4 is 10.6 Å². The Hall–Kier alpha value is -1.69. The normalized spacial score (nSPS) is 10.5. The van der Waals surface area contributed by atoms with Gasteiger partial charge in [0, 0.05) is 26.8 Å². The lowest BCUT2D eigenvalue weighted by Crippen LogP contribution is -2.28. The van der Waals surface area contributed by atoms with Crippen molar-refractivity contribution in [2.75, 3.05) is 32.1 Å². The molecule has 1 heterocycles. The molecule has 0 spiro atoms. The molecule has 0 aromatic carbocycles. The lowest BCUT2D eigenvalue weighted by Gasteiger charge is -2.07. The van der Waals surface area contributed by atoms with Gasteiger partial charge in [0.1, 0.15) is 5.82 Å². The van der Waals surface area contributed by atoms with Gasteiger partial charge >= 0.3 is 0 Å². The molecule has 6 nitrogen and oxygen atoms in total. The van der Waals surface area contributed by atoms with Crippen molar-refractivity contribution >= 4 is 11.7 Å². The van der Waals surface area contributed by atoms with Gasteiger partial charge in [-0.3, -0.25) is 4.79 Å². The van der Waals surface area contributed by atoms with Crippen LogP contribution in [-0.2, 0) is 4.74 Å². The molecule has 1 amide bonds. The van der Waals surface area contributed by atoms with Gasteiger partial charge in [0.05, 0.1) is 0 Å². The van der Waals surface area contributed by atoms with Gasteiger partial charge in [0.25, 0.3) is 5.91 Å². The molecular formula is C13H22N4O2. The Morgan fingerprint density at radius 3 is 2.74 bits per heavy atom. The fourth-order valence-corrected chi connectivity index (χ4v) is 1.37. The van der Waals surface area contributed by atoms with Gasteiger partial charge in [-0.05, 0) is 24.5 Å². The highest BCUT2D eigenvalue weighted by Gasteiger charge is 2.08. The first-order valence-electron chi connectivity index (χ1n) is 6.48. The molecule has 0 saturated carbocycles. The number of aromatic nitrogens is 2. The largest absolute Gasteiger partial charge is 0.385 e. The predicted molar refractivity (Wildman–Crippen MR) is 74.2 cm³/mol. The molecule has 1 aromatic heterocycles. The molecule has 0 fully saturated rings. The van der Waals surface area contributed by atoms with Gasteiger partial charge in [-0.1, -0.05) is 13.8 Å². The maximum absolute atomic E-state index is 11.7. The molecule has 0 aliphatic heterocycles. The van der Waals surface area contributed by atoms with E-state index >= 15 is 0 Å². The number of hydrogen-bond acceptors (Lipinski definition) is 5.